The molecule has 0 aliphatic heterocycles. The number of hydrogen-bond donors (Lipinski definition) is 1. The molecule has 0 aliphatic rings. The first-order valence-electron chi connectivity index (χ1n) is 3.75. The molecule has 0 fully saturated rings. The van der Waals surface area contributed by atoms with Crippen molar-refractivity contribution in [2.24, 2.45) is 0 Å². The highest BCUT2D eigenvalue weighted by Gasteiger charge is 2.19. The van der Waals surface area contributed by atoms with Crippen LogP contribution in [-0.4, -0.2) is 18.0 Å². The average Bonchev–Trinajstić information content (AvgIpc) is 2.13. The zero-order chi connectivity index (χ0) is 10.9. The number of halogens is 2. The van der Waals surface area contributed by atoms with Gasteiger partial charge in [0.2, 0.25) is 0 Å². The van der Waals surface area contributed by atoms with Crippen molar-refractivity contribution in [2.45, 2.75) is 6.92 Å². The summed E-state index contributed by atoms with van der Waals surface area (Å²) in [4.78, 5) is 11.1. The number of phenols is 1. The zero-order valence-corrected chi connectivity index (χ0v) is 8.35. The molecule has 0 aromatic heterocycles. The topological polar surface area (TPSA) is 46.5 Å². The molecule has 0 saturated heterocycles. The van der Waals surface area contributed by atoms with Gasteiger partial charge in [0.15, 0.2) is 23.1 Å². The summed E-state index contributed by atoms with van der Waals surface area (Å²) < 4.78 is 17.8. The Morgan fingerprint density at radius 2 is 2.21 bits per heavy atom. The lowest BCUT2D eigenvalue weighted by Crippen LogP contribution is -1.99. The molecule has 0 unspecified atom stereocenters. The molecule has 1 N–H and O–H groups in total. The molecule has 14 heavy (non-hydrogen) atoms. The van der Waals surface area contributed by atoms with Crippen molar-refractivity contribution in [2.75, 3.05) is 7.11 Å². The van der Waals surface area contributed by atoms with Crippen LogP contribution in [0.15, 0.2) is 6.07 Å². The van der Waals surface area contributed by atoms with Gasteiger partial charge >= 0.3 is 0 Å². The second-order valence-electron chi connectivity index (χ2n) is 2.66. The number of ether oxygens (including phenoxy) is 1. The highest BCUT2D eigenvalue weighted by Crippen LogP contribution is 2.38. The minimum Gasteiger partial charge on any atom is -0.504 e. The van der Waals surface area contributed by atoms with E-state index in [2.05, 4.69) is 0 Å². The van der Waals surface area contributed by atoms with Crippen LogP contribution < -0.4 is 4.74 Å². The van der Waals surface area contributed by atoms with Crippen LogP contribution in [0.3, 0.4) is 0 Å². The van der Waals surface area contributed by atoms with E-state index in [4.69, 9.17) is 21.4 Å². The van der Waals surface area contributed by atoms with E-state index in [1.807, 2.05) is 0 Å². The normalized spacial score (nSPS) is 10.0. The second-order valence-corrected chi connectivity index (χ2v) is 3.04. The average molecular weight is 219 g/mol. The molecule has 1 aromatic carbocycles. The van der Waals surface area contributed by atoms with E-state index in [0.29, 0.717) is 0 Å². The zero-order valence-electron chi connectivity index (χ0n) is 7.60. The van der Waals surface area contributed by atoms with Gasteiger partial charge in [-0.05, 0) is 13.0 Å². The highest BCUT2D eigenvalue weighted by atomic mass is 35.5. The molecule has 0 amide bonds. The van der Waals surface area contributed by atoms with Gasteiger partial charge in [-0.15, -0.1) is 0 Å². The summed E-state index contributed by atoms with van der Waals surface area (Å²) in [6.45, 7) is 1.25. The number of carbonyl (C=O) groups excluding carboxylic acids is 1. The third-order valence-electron chi connectivity index (χ3n) is 1.73. The largest absolute Gasteiger partial charge is 0.504 e. The Kier molecular flexibility index (Phi) is 2.96. The fourth-order valence-electron chi connectivity index (χ4n) is 1.05. The van der Waals surface area contributed by atoms with Gasteiger partial charge in [-0.2, -0.15) is 0 Å². The number of ketones is 1. The number of benzene rings is 1. The first-order chi connectivity index (χ1) is 6.49. The molecule has 0 radical (unpaired) electrons. The summed E-state index contributed by atoms with van der Waals surface area (Å²) in [6.07, 6.45) is 0. The molecule has 0 atom stereocenters. The maximum Gasteiger partial charge on any atom is 0.174 e. The number of Topliss-reactive ketones (excluding diaryl/α,β-unsaturated/α-hetero) is 1. The van der Waals surface area contributed by atoms with E-state index in [9.17, 15) is 9.18 Å². The summed E-state index contributed by atoms with van der Waals surface area (Å²) in [5.74, 6) is -2.06. The Bertz CT molecular complexity index is 390. The van der Waals surface area contributed by atoms with Crippen molar-refractivity contribution < 1.29 is 19.0 Å². The standard InChI is InChI=1S/C9H8ClFO3/c1-4(12)5-3-6(11)8(13)7(10)9(5)14-2/h3,13H,1-2H3. The lowest BCUT2D eigenvalue weighted by molar-refractivity contribution is 0.101. The smallest absolute Gasteiger partial charge is 0.174 e. The van der Waals surface area contributed by atoms with Gasteiger partial charge in [0.1, 0.15) is 5.02 Å². The van der Waals surface area contributed by atoms with Crippen LogP contribution in [0.25, 0.3) is 0 Å². The minimum absolute atomic E-state index is 0.00722. The third kappa shape index (κ3) is 1.65. The summed E-state index contributed by atoms with van der Waals surface area (Å²) in [7, 11) is 1.28. The van der Waals surface area contributed by atoms with Crippen LogP contribution in [0, 0.1) is 5.82 Å². The van der Waals surface area contributed by atoms with E-state index in [0.717, 1.165) is 6.07 Å². The Balaban J connectivity index is 3.51. The Morgan fingerprint density at radius 1 is 1.64 bits per heavy atom. The molecule has 1 aromatic rings. The van der Waals surface area contributed by atoms with E-state index < -0.39 is 11.6 Å². The van der Waals surface area contributed by atoms with E-state index in [1.54, 1.807) is 0 Å². The Morgan fingerprint density at radius 3 is 2.64 bits per heavy atom. The Labute approximate surface area is 85.1 Å². The quantitative estimate of drug-likeness (QED) is 0.776. The SMILES string of the molecule is COc1c(C(C)=O)cc(F)c(O)c1Cl. The van der Waals surface area contributed by atoms with Crippen molar-refractivity contribution in [1.82, 2.24) is 0 Å². The van der Waals surface area contributed by atoms with Crippen LogP contribution in [-0.2, 0) is 0 Å². The van der Waals surface area contributed by atoms with E-state index in [1.165, 1.54) is 14.0 Å². The van der Waals surface area contributed by atoms with Crippen molar-refractivity contribution in [1.29, 1.82) is 0 Å². The number of phenolic OH excluding ortho intramolecular Hbond substituents is 1. The lowest BCUT2D eigenvalue weighted by atomic mass is 10.1. The lowest BCUT2D eigenvalue weighted by Gasteiger charge is -2.09. The molecule has 76 valence electrons. The van der Waals surface area contributed by atoms with Gasteiger partial charge in [-0.25, -0.2) is 4.39 Å². The number of rotatable bonds is 2. The first kappa shape index (κ1) is 10.8. The maximum absolute atomic E-state index is 13.0. The van der Waals surface area contributed by atoms with Gasteiger partial charge in [-0.1, -0.05) is 11.6 Å². The van der Waals surface area contributed by atoms with Crippen molar-refractivity contribution >= 4 is 17.4 Å². The predicted octanol–water partition coefficient (Wildman–Crippen LogP) is 2.40. The summed E-state index contributed by atoms with van der Waals surface area (Å²) in [5, 5.41) is 8.83. The molecule has 3 nitrogen and oxygen atoms in total. The maximum atomic E-state index is 13.0. The molecule has 0 heterocycles. The molecular formula is C9H8ClFO3. The van der Waals surface area contributed by atoms with Gasteiger partial charge in [0.05, 0.1) is 12.7 Å². The predicted molar refractivity (Wildman–Crippen MR) is 49.6 cm³/mol. The summed E-state index contributed by atoms with van der Waals surface area (Å²) >= 11 is 5.58. The van der Waals surface area contributed by atoms with Crippen LogP contribution in [0.1, 0.15) is 17.3 Å². The van der Waals surface area contributed by atoms with Gasteiger partial charge in [-0.3, -0.25) is 4.79 Å². The molecule has 0 bridgehead atoms. The van der Waals surface area contributed by atoms with Gasteiger partial charge < -0.3 is 9.84 Å². The fraction of sp³-hybridized carbons (Fsp3) is 0.222. The van der Waals surface area contributed by atoms with Crippen molar-refractivity contribution in [3.8, 4) is 11.5 Å². The number of aromatic hydroxyl groups is 1. The molecule has 1 rings (SSSR count). The fourth-order valence-corrected chi connectivity index (χ4v) is 1.32. The van der Waals surface area contributed by atoms with Crippen LogP contribution in [0.5, 0.6) is 11.5 Å². The van der Waals surface area contributed by atoms with Crippen LogP contribution in [0.2, 0.25) is 5.02 Å². The monoisotopic (exact) mass is 218 g/mol. The molecule has 0 spiro atoms. The second kappa shape index (κ2) is 3.84. The number of carbonyl (C=O) groups is 1. The Hall–Kier alpha value is -1.29. The van der Waals surface area contributed by atoms with Crippen molar-refractivity contribution in [3.63, 3.8) is 0 Å². The summed E-state index contributed by atoms with van der Waals surface area (Å²) in [5.41, 5.74) is 0.00722. The third-order valence-corrected chi connectivity index (χ3v) is 2.08. The summed E-state index contributed by atoms with van der Waals surface area (Å²) in [6, 6.07) is 0.891. The molecular weight excluding hydrogens is 211 g/mol. The minimum atomic E-state index is -0.944. The van der Waals surface area contributed by atoms with Gasteiger partial charge in [0, 0.05) is 0 Å². The van der Waals surface area contributed by atoms with E-state index in [-0.39, 0.29) is 22.1 Å². The molecule has 0 aliphatic carbocycles. The highest BCUT2D eigenvalue weighted by molar-refractivity contribution is 6.34. The van der Waals surface area contributed by atoms with E-state index >= 15 is 0 Å². The first-order valence-corrected chi connectivity index (χ1v) is 4.12. The number of hydrogen-bond acceptors (Lipinski definition) is 3. The van der Waals surface area contributed by atoms with Crippen molar-refractivity contribution in [3.05, 3.63) is 22.5 Å². The van der Waals surface area contributed by atoms with Gasteiger partial charge in [0.25, 0.3) is 0 Å². The number of methoxy groups -OCH3 is 1. The van der Waals surface area contributed by atoms with Crippen LogP contribution >= 0.6 is 11.6 Å². The van der Waals surface area contributed by atoms with Crippen LogP contribution in [0.4, 0.5) is 4.39 Å². The molecule has 5 heteroatoms. The molecule has 0 saturated carbocycles.